The molecule has 3 rings (SSSR count). The molecule has 0 aliphatic carbocycles. The number of carbonyl (C=O) groups excluding carboxylic acids is 2. The summed E-state index contributed by atoms with van der Waals surface area (Å²) >= 11 is 1.41. The lowest BCUT2D eigenvalue weighted by Gasteiger charge is -2.28. The zero-order chi connectivity index (χ0) is 15.0. The summed E-state index contributed by atoms with van der Waals surface area (Å²) < 4.78 is 13.4. The summed E-state index contributed by atoms with van der Waals surface area (Å²) in [7, 11) is 0. The zero-order valence-electron chi connectivity index (χ0n) is 11.6. The van der Waals surface area contributed by atoms with E-state index < -0.39 is 5.82 Å². The van der Waals surface area contributed by atoms with Gasteiger partial charge in [-0.15, -0.1) is 11.3 Å². The van der Waals surface area contributed by atoms with Crippen LogP contribution in [0.4, 0.5) is 10.1 Å². The third-order valence-electron chi connectivity index (χ3n) is 3.56. The molecule has 0 unspecified atom stereocenters. The molecule has 1 aliphatic heterocycles. The van der Waals surface area contributed by atoms with Gasteiger partial charge in [0.15, 0.2) is 5.78 Å². The molecule has 0 fully saturated rings. The number of anilines is 1. The molecule has 1 aromatic carbocycles. The summed E-state index contributed by atoms with van der Waals surface area (Å²) in [6.07, 6.45) is 0.951. The second kappa shape index (κ2) is 5.41. The van der Waals surface area contributed by atoms with Crippen molar-refractivity contribution in [3.63, 3.8) is 0 Å². The SMILES string of the molecule is Cc1ccc(C(=O)CN2C(=O)CCc3ccc(F)cc32)s1. The van der Waals surface area contributed by atoms with E-state index in [-0.39, 0.29) is 18.2 Å². The lowest BCUT2D eigenvalue weighted by atomic mass is 10.0. The van der Waals surface area contributed by atoms with Crippen molar-refractivity contribution in [2.45, 2.75) is 19.8 Å². The van der Waals surface area contributed by atoms with Crippen molar-refractivity contribution in [1.82, 2.24) is 0 Å². The molecule has 1 aromatic heterocycles. The van der Waals surface area contributed by atoms with Crippen LogP contribution in [0.3, 0.4) is 0 Å². The van der Waals surface area contributed by atoms with E-state index in [0.29, 0.717) is 23.4 Å². The maximum Gasteiger partial charge on any atom is 0.227 e. The van der Waals surface area contributed by atoms with E-state index in [4.69, 9.17) is 0 Å². The normalized spacial score (nSPS) is 14.2. The number of fused-ring (bicyclic) bond motifs is 1. The number of amides is 1. The van der Waals surface area contributed by atoms with Crippen LogP contribution in [-0.2, 0) is 11.2 Å². The van der Waals surface area contributed by atoms with Gasteiger partial charge in [-0.2, -0.15) is 0 Å². The first-order chi connectivity index (χ1) is 10.0. The van der Waals surface area contributed by atoms with E-state index in [1.807, 2.05) is 13.0 Å². The van der Waals surface area contributed by atoms with Gasteiger partial charge in [-0.05, 0) is 43.2 Å². The molecule has 0 saturated heterocycles. The van der Waals surface area contributed by atoms with Gasteiger partial charge < -0.3 is 4.90 Å². The minimum absolute atomic E-state index is 0.0325. The maximum absolute atomic E-state index is 13.4. The summed E-state index contributed by atoms with van der Waals surface area (Å²) in [5.74, 6) is -0.638. The second-order valence-corrected chi connectivity index (χ2v) is 6.37. The van der Waals surface area contributed by atoms with Gasteiger partial charge in [-0.1, -0.05) is 6.07 Å². The van der Waals surface area contributed by atoms with Gasteiger partial charge in [0.05, 0.1) is 17.1 Å². The Morgan fingerprint density at radius 3 is 2.81 bits per heavy atom. The average molecular weight is 303 g/mol. The molecule has 0 spiro atoms. The number of ketones is 1. The highest BCUT2D eigenvalue weighted by Crippen LogP contribution is 2.29. The van der Waals surface area contributed by atoms with Gasteiger partial charge in [-0.25, -0.2) is 4.39 Å². The Kier molecular flexibility index (Phi) is 3.59. The first-order valence-electron chi connectivity index (χ1n) is 6.73. The van der Waals surface area contributed by atoms with Gasteiger partial charge in [0, 0.05) is 11.3 Å². The Bertz CT molecular complexity index is 723. The fourth-order valence-corrected chi connectivity index (χ4v) is 3.29. The number of Topliss-reactive ketones (excluding diaryl/α,β-unsaturated/α-hetero) is 1. The van der Waals surface area contributed by atoms with Gasteiger partial charge in [-0.3, -0.25) is 9.59 Å². The van der Waals surface area contributed by atoms with Gasteiger partial charge in [0.1, 0.15) is 5.82 Å². The summed E-state index contributed by atoms with van der Waals surface area (Å²) in [5.41, 5.74) is 1.43. The number of benzene rings is 1. The van der Waals surface area contributed by atoms with Crippen molar-refractivity contribution in [2.75, 3.05) is 11.4 Å². The molecule has 108 valence electrons. The number of carbonyl (C=O) groups is 2. The Balaban J connectivity index is 1.90. The number of nitrogens with zero attached hydrogens (tertiary/aromatic N) is 1. The number of hydrogen-bond donors (Lipinski definition) is 0. The van der Waals surface area contributed by atoms with E-state index in [1.54, 1.807) is 12.1 Å². The highest BCUT2D eigenvalue weighted by atomic mass is 32.1. The van der Waals surface area contributed by atoms with Gasteiger partial charge in [0.25, 0.3) is 0 Å². The number of rotatable bonds is 3. The molecule has 21 heavy (non-hydrogen) atoms. The Hall–Kier alpha value is -2.01. The second-order valence-electron chi connectivity index (χ2n) is 5.09. The fraction of sp³-hybridized carbons (Fsp3) is 0.250. The van der Waals surface area contributed by atoms with Crippen LogP contribution in [0.1, 0.15) is 26.5 Å². The third kappa shape index (κ3) is 2.74. The molecule has 5 heteroatoms. The molecular weight excluding hydrogens is 289 g/mol. The third-order valence-corrected chi connectivity index (χ3v) is 4.61. The summed E-state index contributed by atoms with van der Waals surface area (Å²) in [5, 5.41) is 0. The van der Waals surface area contributed by atoms with Crippen LogP contribution in [0, 0.1) is 12.7 Å². The van der Waals surface area contributed by atoms with E-state index in [0.717, 1.165) is 10.4 Å². The molecule has 2 aromatic rings. The Morgan fingerprint density at radius 1 is 1.29 bits per heavy atom. The average Bonchev–Trinajstić information content (AvgIpc) is 2.89. The lowest BCUT2D eigenvalue weighted by Crippen LogP contribution is -2.39. The van der Waals surface area contributed by atoms with Crippen molar-refractivity contribution in [2.24, 2.45) is 0 Å². The number of aryl methyl sites for hydroxylation is 2. The minimum atomic E-state index is -0.395. The van der Waals surface area contributed by atoms with Crippen molar-refractivity contribution < 1.29 is 14.0 Å². The highest BCUT2D eigenvalue weighted by Gasteiger charge is 2.27. The molecule has 0 N–H and O–H groups in total. The van der Waals surface area contributed by atoms with Crippen LogP contribution in [0.2, 0.25) is 0 Å². The largest absolute Gasteiger partial charge is 0.304 e. The topological polar surface area (TPSA) is 37.4 Å². The van der Waals surface area contributed by atoms with Crippen LogP contribution in [0.25, 0.3) is 0 Å². The Morgan fingerprint density at radius 2 is 2.10 bits per heavy atom. The summed E-state index contributed by atoms with van der Waals surface area (Å²) in [4.78, 5) is 27.5. The molecule has 2 heterocycles. The predicted octanol–water partition coefficient (Wildman–Crippen LogP) is 3.36. The highest BCUT2D eigenvalue weighted by molar-refractivity contribution is 7.14. The maximum atomic E-state index is 13.4. The fourth-order valence-electron chi connectivity index (χ4n) is 2.49. The number of halogens is 1. The van der Waals surface area contributed by atoms with E-state index in [1.165, 1.54) is 28.4 Å². The monoisotopic (exact) mass is 303 g/mol. The van der Waals surface area contributed by atoms with Crippen LogP contribution < -0.4 is 4.90 Å². The van der Waals surface area contributed by atoms with Crippen LogP contribution in [0.5, 0.6) is 0 Å². The molecule has 3 nitrogen and oxygen atoms in total. The van der Waals surface area contributed by atoms with Gasteiger partial charge >= 0.3 is 0 Å². The summed E-state index contributed by atoms with van der Waals surface area (Å²) in [6, 6.07) is 8.05. The van der Waals surface area contributed by atoms with Crippen LogP contribution in [0.15, 0.2) is 30.3 Å². The Labute approximate surface area is 126 Å². The molecule has 1 aliphatic rings. The molecule has 0 radical (unpaired) electrons. The quantitative estimate of drug-likeness (QED) is 0.815. The molecule has 1 amide bonds. The molecular formula is C16H14FNO2S. The van der Waals surface area contributed by atoms with Crippen LogP contribution >= 0.6 is 11.3 Å². The van der Waals surface area contributed by atoms with E-state index >= 15 is 0 Å². The molecule has 0 bridgehead atoms. The van der Waals surface area contributed by atoms with E-state index in [2.05, 4.69) is 0 Å². The smallest absolute Gasteiger partial charge is 0.227 e. The molecule has 0 atom stereocenters. The van der Waals surface area contributed by atoms with Crippen molar-refractivity contribution in [3.05, 3.63) is 51.5 Å². The van der Waals surface area contributed by atoms with E-state index in [9.17, 15) is 14.0 Å². The minimum Gasteiger partial charge on any atom is -0.304 e. The number of thiophene rings is 1. The predicted molar refractivity (Wildman–Crippen MR) is 80.5 cm³/mol. The van der Waals surface area contributed by atoms with Crippen molar-refractivity contribution >= 4 is 28.7 Å². The molecule has 0 saturated carbocycles. The standard InChI is InChI=1S/C16H14FNO2S/c1-10-2-6-15(21-10)14(19)9-18-13-8-12(17)5-3-11(13)4-7-16(18)20/h2-3,5-6,8H,4,7,9H2,1H3. The summed E-state index contributed by atoms with van der Waals surface area (Å²) in [6.45, 7) is 1.90. The number of hydrogen-bond acceptors (Lipinski definition) is 3. The zero-order valence-corrected chi connectivity index (χ0v) is 12.4. The van der Waals surface area contributed by atoms with Crippen molar-refractivity contribution in [1.29, 1.82) is 0 Å². The van der Waals surface area contributed by atoms with Crippen molar-refractivity contribution in [3.8, 4) is 0 Å². The van der Waals surface area contributed by atoms with Crippen LogP contribution in [-0.4, -0.2) is 18.2 Å². The first kappa shape index (κ1) is 13.9. The van der Waals surface area contributed by atoms with Gasteiger partial charge in [0.2, 0.25) is 5.91 Å². The lowest BCUT2D eigenvalue weighted by molar-refractivity contribution is -0.118. The first-order valence-corrected chi connectivity index (χ1v) is 7.54.